The number of hydrogen-bond donors (Lipinski definition) is 1. The van der Waals surface area contributed by atoms with Crippen LogP contribution in [0.1, 0.15) is 22.8 Å². The summed E-state index contributed by atoms with van der Waals surface area (Å²) in [6, 6.07) is 13.1. The fraction of sp³-hybridized carbons (Fsp3) is 0.278. The summed E-state index contributed by atoms with van der Waals surface area (Å²) in [5.41, 5.74) is 1.42. The lowest BCUT2D eigenvalue weighted by Crippen LogP contribution is -2.13. The predicted octanol–water partition coefficient (Wildman–Crippen LogP) is 4.23. The normalized spacial score (nSPS) is 12.6. The Balaban J connectivity index is 1.90. The van der Waals surface area contributed by atoms with Crippen molar-refractivity contribution in [3.8, 4) is 0 Å². The molecule has 2 aromatic heterocycles. The number of benzene rings is 1. The number of nitrogens with zero attached hydrogens (tertiary/aromatic N) is 1. The zero-order chi connectivity index (χ0) is 14.5. The molecule has 0 aliphatic carbocycles. The number of nitrogens with one attached hydrogen (secondary N) is 1. The first-order chi connectivity index (χ1) is 10.4. The maximum absolute atomic E-state index is 4.22. The second-order valence-corrected chi connectivity index (χ2v) is 6.30. The second kappa shape index (κ2) is 6.83. The summed E-state index contributed by atoms with van der Waals surface area (Å²) < 4.78 is 0. The van der Waals surface area contributed by atoms with Gasteiger partial charge in [-0.1, -0.05) is 24.3 Å². The lowest BCUT2D eigenvalue weighted by atomic mass is 9.92. The quantitative estimate of drug-likeness (QED) is 0.736. The highest BCUT2D eigenvalue weighted by molar-refractivity contribution is 7.10. The van der Waals surface area contributed by atoms with Crippen molar-refractivity contribution in [2.45, 2.75) is 18.8 Å². The maximum atomic E-state index is 4.22. The molecule has 2 nitrogen and oxygen atoms in total. The van der Waals surface area contributed by atoms with Gasteiger partial charge in [0.1, 0.15) is 0 Å². The van der Waals surface area contributed by atoms with Gasteiger partial charge in [-0.25, -0.2) is 0 Å². The number of rotatable bonds is 6. The van der Waals surface area contributed by atoms with Gasteiger partial charge in [-0.15, -0.1) is 11.3 Å². The Morgan fingerprint density at radius 1 is 1.19 bits per heavy atom. The van der Waals surface area contributed by atoms with E-state index in [1.807, 2.05) is 30.8 Å². The minimum absolute atomic E-state index is 0.580. The third-order valence-electron chi connectivity index (χ3n) is 3.93. The number of hydrogen-bond acceptors (Lipinski definition) is 3. The van der Waals surface area contributed by atoms with Crippen molar-refractivity contribution in [1.29, 1.82) is 0 Å². The molecule has 0 amide bonds. The van der Waals surface area contributed by atoms with Gasteiger partial charge >= 0.3 is 0 Å². The van der Waals surface area contributed by atoms with E-state index >= 15 is 0 Å². The topological polar surface area (TPSA) is 24.9 Å². The molecule has 0 radical (unpaired) electrons. The fourth-order valence-electron chi connectivity index (χ4n) is 2.82. The van der Waals surface area contributed by atoms with E-state index in [-0.39, 0.29) is 0 Å². The Hall–Kier alpha value is -1.71. The van der Waals surface area contributed by atoms with Gasteiger partial charge in [0, 0.05) is 22.7 Å². The number of thiophene rings is 1. The molecule has 0 bridgehead atoms. The summed E-state index contributed by atoms with van der Waals surface area (Å²) in [7, 11) is 2.02. The first-order valence-corrected chi connectivity index (χ1v) is 8.26. The summed E-state index contributed by atoms with van der Waals surface area (Å²) in [6.07, 6.45) is 6.09. The van der Waals surface area contributed by atoms with Crippen LogP contribution in [0.3, 0.4) is 0 Å². The monoisotopic (exact) mass is 296 g/mol. The van der Waals surface area contributed by atoms with E-state index in [0.717, 1.165) is 13.0 Å². The van der Waals surface area contributed by atoms with Crippen LogP contribution in [0, 0.1) is 0 Å². The van der Waals surface area contributed by atoms with E-state index in [0.29, 0.717) is 5.92 Å². The molecule has 3 rings (SSSR count). The third kappa shape index (κ3) is 3.31. The Morgan fingerprint density at radius 2 is 2.14 bits per heavy atom. The molecule has 0 saturated carbocycles. The van der Waals surface area contributed by atoms with E-state index in [4.69, 9.17) is 0 Å². The summed E-state index contributed by atoms with van der Waals surface area (Å²) in [4.78, 5) is 5.71. The van der Waals surface area contributed by atoms with Crippen LogP contribution in [0.5, 0.6) is 0 Å². The van der Waals surface area contributed by atoms with E-state index in [1.165, 1.54) is 27.6 Å². The predicted molar refractivity (Wildman–Crippen MR) is 91.1 cm³/mol. The Morgan fingerprint density at radius 3 is 2.95 bits per heavy atom. The van der Waals surface area contributed by atoms with Crippen molar-refractivity contribution in [1.82, 2.24) is 10.3 Å². The van der Waals surface area contributed by atoms with Gasteiger partial charge < -0.3 is 5.32 Å². The van der Waals surface area contributed by atoms with Crippen molar-refractivity contribution in [3.05, 3.63) is 64.6 Å². The summed E-state index contributed by atoms with van der Waals surface area (Å²) in [5, 5.41) is 8.02. The molecule has 2 heterocycles. The van der Waals surface area contributed by atoms with Crippen LogP contribution in [0.2, 0.25) is 0 Å². The first-order valence-electron chi connectivity index (χ1n) is 7.38. The van der Waals surface area contributed by atoms with Crippen LogP contribution < -0.4 is 5.32 Å². The SMILES string of the molecule is CNCC[C@H](Cc1cccc2cnccc12)c1cccs1. The molecule has 3 heteroatoms. The van der Waals surface area contributed by atoms with Gasteiger partial charge in [0.15, 0.2) is 0 Å². The molecule has 0 spiro atoms. The smallest absolute Gasteiger partial charge is 0.0346 e. The number of aromatic nitrogens is 1. The number of pyridine rings is 1. The molecule has 3 aromatic rings. The molecule has 21 heavy (non-hydrogen) atoms. The van der Waals surface area contributed by atoms with Crippen LogP contribution in [0.25, 0.3) is 10.8 Å². The summed E-state index contributed by atoms with van der Waals surface area (Å²) in [6.45, 7) is 1.05. The molecule has 1 atom stereocenters. The highest BCUT2D eigenvalue weighted by Crippen LogP contribution is 2.30. The molecular formula is C18H20N2S. The van der Waals surface area contributed by atoms with Gasteiger partial charge in [-0.05, 0) is 60.8 Å². The van der Waals surface area contributed by atoms with Gasteiger partial charge in [0.05, 0.1) is 0 Å². The average Bonchev–Trinajstić information content (AvgIpc) is 3.06. The molecule has 1 N–H and O–H groups in total. The molecule has 0 unspecified atom stereocenters. The molecule has 0 fully saturated rings. The first kappa shape index (κ1) is 14.2. The molecule has 1 aromatic carbocycles. The van der Waals surface area contributed by atoms with E-state index in [9.17, 15) is 0 Å². The highest BCUT2D eigenvalue weighted by Gasteiger charge is 2.14. The van der Waals surface area contributed by atoms with E-state index in [1.54, 1.807) is 0 Å². The van der Waals surface area contributed by atoms with Gasteiger partial charge in [-0.2, -0.15) is 0 Å². The van der Waals surface area contributed by atoms with Crippen molar-refractivity contribution < 1.29 is 0 Å². The summed E-state index contributed by atoms with van der Waals surface area (Å²) in [5.74, 6) is 0.580. The van der Waals surface area contributed by atoms with Gasteiger partial charge in [0.2, 0.25) is 0 Å². The minimum Gasteiger partial charge on any atom is -0.320 e. The van der Waals surface area contributed by atoms with Crippen molar-refractivity contribution >= 4 is 22.1 Å². The van der Waals surface area contributed by atoms with Crippen molar-refractivity contribution in [2.24, 2.45) is 0 Å². The highest BCUT2D eigenvalue weighted by atomic mass is 32.1. The molecule has 0 aliphatic rings. The Bertz CT molecular complexity index is 686. The molecular weight excluding hydrogens is 276 g/mol. The van der Waals surface area contributed by atoms with Crippen LogP contribution in [-0.2, 0) is 6.42 Å². The zero-order valence-corrected chi connectivity index (χ0v) is 13.1. The van der Waals surface area contributed by atoms with Gasteiger partial charge in [-0.3, -0.25) is 4.98 Å². The van der Waals surface area contributed by atoms with E-state index in [2.05, 4.69) is 52.1 Å². The standard InChI is InChI=1S/C18H20N2S/c1-19-9-7-15(18-6-3-11-21-18)12-14-4-2-5-16-13-20-10-8-17(14)16/h2-6,8,10-11,13,15,19H,7,9,12H2,1H3/t15-/m1/s1. The second-order valence-electron chi connectivity index (χ2n) is 5.32. The van der Waals surface area contributed by atoms with Gasteiger partial charge in [0.25, 0.3) is 0 Å². The van der Waals surface area contributed by atoms with Crippen molar-refractivity contribution in [2.75, 3.05) is 13.6 Å². The largest absolute Gasteiger partial charge is 0.320 e. The lowest BCUT2D eigenvalue weighted by Gasteiger charge is -2.17. The number of fused-ring (bicyclic) bond motifs is 1. The Kier molecular flexibility index (Phi) is 4.63. The Labute approximate surface area is 129 Å². The average molecular weight is 296 g/mol. The molecule has 108 valence electrons. The van der Waals surface area contributed by atoms with E-state index < -0.39 is 0 Å². The third-order valence-corrected chi connectivity index (χ3v) is 4.96. The lowest BCUT2D eigenvalue weighted by molar-refractivity contribution is 0.602. The maximum Gasteiger partial charge on any atom is 0.0346 e. The molecule has 0 aliphatic heterocycles. The molecule has 0 saturated heterocycles. The van der Waals surface area contributed by atoms with Crippen molar-refractivity contribution in [3.63, 3.8) is 0 Å². The fourth-order valence-corrected chi connectivity index (χ4v) is 3.69. The van der Waals surface area contributed by atoms with Crippen LogP contribution in [0.15, 0.2) is 54.2 Å². The van der Waals surface area contributed by atoms with Crippen LogP contribution in [0.4, 0.5) is 0 Å². The van der Waals surface area contributed by atoms with Crippen LogP contribution in [-0.4, -0.2) is 18.6 Å². The van der Waals surface area contributed by atoms with Crippen LogP contribution >= 0.6 is 11.3 Å². The minimum atomic E-state index is 0.580. The summed E-state index contributed by atoms with van der Waals surface area (Å²) >= 11 is 1.87. The zero-order valence-electron chi connectivity index (χ0n) is 12.3.